The van der Waals surface area contributed by atoms with Crippen molar-refractivity contribution in [2.75, 3.05) is 12.4 Å². The molecule has 0 spiro atoms. The Bertz CT molecular complexity index is 599. The number of aromatic nitrogens is 4. The van der Waals surface area contributed by atoms with Crippen LogP contribution in [0.15, 0.2) is 18.2 Å². The van der Waals surface area contributed by atoms with Gasteiger partial charge in [-0.05, 0) is 30.3 Å². The molecule has 0 aliphatic rings. The Balaban J connectivity index is 2.13. The number of nitrogens with one attached hydrogen (secondary N) is 1. The van der Waals surface area contributed by atoms with Gasteiger partial charge in [-0.1, -0.05) is 16.7 Å². The number of hydrogen-bond donors (Lipinski definition) is 1. The Labute approximate surface area is 114 Å². The topological polar surface area (TPSA) is 81.9 Å². The van der Waals surface area contributed by atoms with E-state index in [1.807, 2.05) is 6.92 Å². The molecule has 19 heavy (non-hydrogen) atoms. The summed E-state index contributed by atoms with van der Waals surface area (Å²) in [6.45, 7) is 2.45. The SMILES string of the molecule is CCn1nnc(NC(=O)c2ccc(OC)c(Cl)c2)n1. The Morgan fingerprint density at radius 3 is 2.89 bits per heavy atom. The zero-order valence-electron chi connectivity index (χ0n) is 10.4. The van der Waals surface area contributed by atoms with E-state index in [9.17, 15) is 4.79 Å². The number of hydrogen-bond acceptors (Lipinski definition) is 5. The standard InChI is InChI=1S/C11H12ClN5O2/c1-3-17-15-11(14-16-17)13-10(18)7-4-5-9(19-2)8(12)6-7/h4-6H,3H2,1-2H3,(H,13,15,18). The molecule has 7 nitrogen and oxygen atoms in total. The number of ether oxygens (including phenoxy) is 1. The average Bonchev–Trinajstić information content (AvgIpc) is 2.86. The molecule has 0 atom stereocenters. The number of methoxy groups -OCH3 is 1. The van der Waals surface area contributed by atoms with Crippen LogP contribution in [-0.4, -0.2) is 33.2 Å². The van der Waals surface area contributed by atoms with Crippen molar-refractivity contribution in [1.82, 2.24) is 20.2 Å². The van der Waals surface area contributed by atoms with E-state index >= 15 is 0 Å². The zero-order valence-corrected chi connectivity index (χ0v) is 11.2. The highest BCUT2D eigenvalue weighted by Gasteiger charge is 2.11. The second-order valence-electron chi connectivity index (χ2n) is 3.61. The average molecular weight is 282 g/mol. The molecular weight excluding hydrogens is 270 g/mol. The van der Waals surface area contributed by atoms with E-state index in [1.165, 1.54) is 18.0 Å². The molecule has 2 aromatic rings. The molecule has 1 aromatic carbocycles. The quantitative estimate of drug-likeness (QED) is 0.920. The first kappa shape index (κ1) is 13.3. The highest BCUT2D eigenvalue weighted by atomic mass is 35.5. The number of tetrazole rings is 1. The van der Waals surface area contributed by atoms with Gasteiger partial charge in [0.2, 0.25) is 0 Å². The molecule has 1 heterocycles. The third-order valence-electron chi connectivity index (χ3n) is 2.38. The molecule has 0 saturated heterocycles. The Morgan fingerprint density at radius 1 is 1.53 bits per heavy atom. The summed E-state index contributed by atoms with van der Waals surface area (Å²) < 4.78 is 5.01. The van der Waals surface area contributed by atoms with Crippen molar-refractivity contribution in [3.63, 3.8) is 0 Å². The van der Waals surface area contributed by atoms with Crippen LogP contribution in [0.3, 0.4) is 0 Å². The molecule has 100 valence electrons. The van der Waals surface area contributed by atoms with E-state index in [1.54, 1.807) is 12.1 Å². The molecule has 2 rings (SSSR count). The van der Waals surface area contributed by atoms with Crippen molar-refractivity contribution in [1.29, 1.82) is 0 Å². The van der Waals surface area contributed by atoms with Crippen LogP contribution in [0.2, 0.25) is 5.02 Å². The largest absolute Gasteiger partial charge is 0.495 e. The van der Waals surface area contributed by atoms with Crippen molar-refractivity contribution in [2.45, 2.75) is 13.5 Å². The lowest BCUT2D eigenvalue weighted by Gasteiger charge is -2.05. The Hall–Kier alpha value is -2.15. The Kier molecular flexibility index (Phi) is 3.96. The fraction of sp³-hybridized carbons (Fsp3) is 0.273. The number of aryl methyl sites for hydroxylation is 1. The first-order valence-electron chi connectivity index (χ1n) is 5.56. The molecule has 0 unspecified atom stereocenters. The molecule has 1 aromatic heterocycles. The molecule has 0 radical (unpaired) electrons. The molecule has 0 aliphatic heterocycles. The van der Waals surface area contributed by atoms with Gasteiger partial charge < -0.3 is 4.74 Å². The lowest BCUT2D eigenvalue weighted by Crippen LogP contribution is -2.13. The molecule has 0 saturated carbocycles. The molecule has 1 amide bonds. The van der Waals surface area contributed by atoms with Gasteiger partial charge in [0.15, 0.2) is 0 Å². The maximum Gasteiger partial charge on any atom is 0.270 e. The predicted octanol–water partition coefficient (Wildman–Crippen LogP) is 1.61. The van der Waals surface area contributed by atoms with E-state index < -0.39 is 0 Å². The van der Waals surface area contributed by atoms with Crippen molar-refractivity contribution in [3.05, 3.63) is 28.8 Å². The van der Waals surface area contributed by atoms with Gasteiger partial charge in [-0.3, -0.25) is 10.1 Å². The second-order valence-corrected chi connectivity index (χ2v) is 4.01. The van der Waals surface area contributed by atoms with Crippen LogP contribution >= 0.6 is 11.6 Å². The van der Waals surface area contributed by atoms with Gasteiger partial charge in [-0.15, -0.1) is 5.10 Å². The molecular formula is C11H12ClN5O2. The third kappa shape index (κ3) is 3.00. The molecule has 0 aliphatic carbocycles. The highest BCUT2D eigenvalue weighted by molar-refractivity contribution is 6.32. The first-order valence-corrected chi connectivity index (χ1v) is 5.94. The van der Waals surface area contributed by atoms with Gasteiger partial charge in [0.25, 0.3) is 11.9 Å². The normalized spacial score (nSPS) is 10.3. The monoisotopic (exact) mass is 281 g/mol. The maximum atomic E-state index is 11.9. The zero-order chi connectivity index (χ0) is 13.8. The van der Waals surface area contributed by atoms with E-state index in [4.69, 9.17) is 16.3 Å². The van der Waals surface area contributed by atoms with Crippen LogP contribution in [0.5, 0.6) is 5.75 Å². The van der Waals surface area contributed by atoms with E-state index in [-0.39, 0.29) is 11.9 Å². The van der Waals surface area contributed by atoms with Gasteiger partial charge in [-0.2, -0.15) is 4.80 Å². The number of halogens is 1. The van der Waals surface area contributed by atoms with Crippen LogP contribution < -0.4 is 10.1 Å². The summed E-state index contributed by atoms with van der Waals surface area (Å²) in [5, 5.41) is 14.3. The lowest BCUT2D eigenvalue weighted by atomic mass is 10.2. The minimum atomic E-state index is -0.361. The summed E-state index contributed by atoms with van der Waals surface area (Å²) >= 11 is 5.95. The first-order chi connectivity index (χ1) is 9.13. The number of amides is 1. The number of nitrogens with zero attached hydrogens (tertiary/aromatic N) is 4. The summed E-state index contributed by atoms with van der Waals surface area (Å²) in [6, 6.07) is 4.73. The predicted molar refractivity (Wildman–Crippen MR) is 69.4 cm³/mol. The summed E-state index contributed by atoms with van der Waals surface area (Å²) in [4.78, 5) is 13.3. The lowest BCUT2D eigenvalue weighted by molar-refractivity contribution is 0.102. The van der Waals surface area contributed by atoms with Crippen molar-refractivity contribution in [2.24, 2.45) is 0 Å². The van der Waals surface area contributed by atoms with E-state index in [0.29, 0.717) is 22.9 Å². The number of anilines is 1. The number of carbonyl (C=O) groups excluding carboxylic acids is 1. The minimum Gasteiger partial charge on any atom is -0.495 e. The summed E-state index contributed by atoms with van der Waals surface area (Å²) in [5.74, 6) is 0.298. The van der Waals surface area contributed by atoms with Gasteiger partial charge in [-0.25, -0.2) is 0 Å². The van der Waals surface area contributed by atoms with Gasteiger partial charge in [0.05, 0.1) is 18.7 Å². The van der Waals surface area contributed by atoms with Crippen LogP contribution in [0.4, 0.5) is 5.95 Å². The van der Waals surface area contributed by atoms with Gasteiger partial charge in [0, 0.05) is 5.56 Å². The summed E-state index contributed by atoms with van der Waals surface area (Å²) in [7, 11) is 1.51. The molecule has 0 fully saturated rings. The van der Waals surface area contributed by atoms with Crippen LogP contribution in [0.25, 0.3) is 0 Å². The molecule has 0 bridgehead atoms. The van der Waals surface area contributed by atoms with Crippen LogP contribution in [0, 0.1) is 0 Å². The Morgan fingerprint density at radius 2 is 2.32 bits per heavy atom. The van der Waals surface area contributed by atoms with Crippen molar-refractivity contribution in [3.8, 4) is 5.75 Å². The second kappa shape index (κ2) is 5.66. The van der Waals surface area contributed by atoms with Gasteiger partial charge >= 0.3 is 0 Å². The number of rotatable bonds is 4. The minimum absolute atomic E-state index is 0.152. The maximum absolute atomic E-state index is 11.9. The smallest absolute Gasteiger partial charge is 0.270 e. The fourth-order valence-corrected chi connectivity index (χ4v) is 1.67. The van der Waals surface area contributed by atoms with Crippen molar-refractivity contribution >= 4 is 23.5 Å². The number of carbonyl (C=O) groups is 1. The van der Waals surface area contributed by atoms with Gasteiger partial charge in [0.1, 0.15) is 5.75 Å². The molecule has 1 N–H and O–H groups in total. The number of benzene rings is 1. The van der Waals surface area contributed by atoms with E-state index in [0.717, 1.165) is 0 Å². The van der Waals surface area contributed by atoms with Crippen LogP contribution in [-0.2, 0) is 6.54 Å². The van der Waals surface area contributed by atoms with Crippen LogP contribution in [0.1, 0.15) is 17.3 Å². The molecule has 8 heteroatoms. The third-order valence-corrected chi connectivity index (χ3v) is 2.67. The summed E-state index contributed by atoms with van der Waals surface area (Å²) in [5.41, 5.74) is 0.388. The van der Waals surface area contributed by atoms with Crippen molar-refractivity contribution < 1.29 is 9.53 Å². The van der Waals surface area contributed by atoms with E-state index in [2.05, 4.69) is 20.7 Å². The summed E-state index contributed by atoms with van der Waals surface area (Å²) in [6.07, 6.45) is 0. The fourth-order valence-electron chi connectivity index (χ4n) is 1.41. The highest BCUT2D eigenvalue weighted by Crippen LogP contribution is 2.25.